The summed E-state index contributed by atoms with van der Waals surface area (Å²) in [6.45, 7) is 7.14. The zero-order valence-electron chi connectivity index (χ0n) is 21.5. The van der Waals surface area contributed by atoms with Crippen molar-refractivity contribution in [3.8, 4) is 5.69 Å². The summed E-state index contributed by atoms with van der Waals surface area (Å²) in [6.07, 6.45) is 7.45. The lowest BCUT2D eigenvalue weighted by atomic mass is 10.0. The molecule has 1 aliphatic rings. The first-order valence-electron chi connectivity index (χ1n) is 12.1. The highest BCUT2D eigenvalue weighted by Crippen LogP contribution is 2.36. The van der Waals surface area contributed by atoms with Gasteiger partial charge >= 0.3 is 6.09 Å². The maximum absolute atomic E-state index is 15.1. The van der Waals surface area contributed by atoms with Crippen LogP contribution in [-0.2, 0) is 4.74 Å². The number of ether oxygens (including phenoxy) is 1. The summed E-state index contributed by atoms with van der Waals surface area (Å²) in [5, 5.41) is 13.5. The van der Waals surface area contributed by atoms with Crippen molar-refractivity contribution < 1.29 is 18.7 Å². The van der Waals surface area contributed by atoms with Crippen molar-refractivity contribution in [1.29, 1.82) is 0 Å². The smallest absolute Gasteiger partial charge is 0.407 e. The van der Waals surface area contributed by atoms with Crippen LogP contribution in [0.3, 0.4) is 0 Å². The van der Waals surface area contributed by atoms with Crippen LogP contribution in [-0.4, -0.2) is 49.4 Å². The Morgan fingerprint density at radius 1 is 1.21 bits per heavy atom. The second kappa shape index (κ2) is 10.8. The molecule has 0 aliphatic heterocycles. The van der Waals surface area contributed by atoms with Crippen LogP contribution >= 0.6 is 11.6 Å². The minimum Gasteiger partial charge on any atom is -0.444 e. The van der Waals surface area contributed by atoms with Crippen molar-refractivity contribution in [2.75, 3.05) is 10.6 Å². The Morgan fingerprint density at radius 2 is 1.95 bits per heavy atom. The van der Waals surface area contributed by atoms with Gasteiger partial charge in [-0.3, -0.25) is 9.78 Å². The first kappa shape index (κ1) is 27.1. The molecule has 0 radical (unpaired) electrons. The van der Waals surface area contributed by atoms with Crippen molar-refractivity contribution >= 4 is 40.9 Å². The van der Waals surface area contributed by atoms with E-state index in [1.807, 2.05) is 6.92 Å². The molecule has 5 N–H and O–H groups in total. The minimum atomic E-state index is -0.855. The lowest BCUT2D eigenvalue weighted by Gasteiger charge is -2.28. The van der Waals surface area contributed by atoms with Gasteiger partial charge in [0.15, 0.2) is 11.6 Å². The van der Waals surface area contributed by atoms with E-state index >= 15 is 4.39 Å². The Hall–Kier alpha value is -3.93. The molecule has 1 aliphatic carbocycles. The highest BCUT2D eigenvalue weighted by Gasteiger charge is 2.37. The van der Waals surface area contributed by atoms with Gasteiger partial charge in [-0.15, -0.1) is 0 Å². The average molecular weight is 545 g/mol. The molecule has 0 saturated heterocycles. The molecule has 2 atom stereocenters. The number of hydrogen-bond acceptors (Lipinski definition) is 8. The molecule has 202 valence electrons. The molecule has 2 amide bonds. The van der Waals surface area contributed by atoms with Gasteiger partial charge in [0.25, 0.3) is 5.91 Å². The number of nitrogens with two attached hydrogens (primary N) is 1. The van der Waals surface area contributed by atoms with E-state index < -0.39 is 29.5 Å². The predicted molar refractivity (Wildman–Crippen MR) is 141 cm³/mol. The number of nitrogens with zero attached hydrogens (tertiary/aromatic N) is 4. The Kier molecular flexibility index (Phi) is 7.72. The van der Waals surface area contributed by atoms with Crippen LogP contribution in [0.1, 0.15) is 50.9 Å². The molecule has 3 aromatic heterocycles. The number of halogens is 2. The lowest BCUT2D eigenvalue weighted by Crippen LogP contribution is -2.47. The van der Waals surface area contributed by atoms with Crippen LogP contribution in [0.4, 0.5) is 26.5 Å². The molecule has 0 spiro atoms. The third-order valence-electron chi connectivity index (χ3n) is 5.76. The number of primary amides is 1. The van der Waals surface area contributed by atoms with Crippen molar-refractivity contribution in [3.05, 3.63) is 53.3 Å². The van der Waals surface area contributed by atoms with E-state index in [0.29, 0.717) is 16.4 Å². The number of alkyl carbamates (subject to hydrolysis) is 1. The molecule has 3 aromatic rings. The number of carbonyl (C=O) groups excluding carboxylic acids is 2. The Balaban J connectivity index is 1.58. The molecule has 1 saturated carbocycles. The monoisotopic (exact) mass is 544 g/mol. The van der Waals surface area contributed by atoms with Crippen LogP contribution in [0.15, 0.2) is 36.9 Å². The molecule has 4 rings (SSSR count). The zero-order chi connectivity index (χ0) is 27.6. The second-order valence-electron chi connectivity index (χ2n) is 10.2. The summed E-state index contributed by atoms with van der Waals surface area (Å²) in [5.41, 5.74) is 5.78. The van der Waals surface area contributed by atoms with Crippen molar-refractivity contribution in [1.82, 2.24) is 25.1 Å². The normalized spacial score (nSPS) is 14.9. The summed E-state index contributed by atoms with van der Waals surface area (Å²) < 4.78 is 22.0. The number of aromatic nitrogens is 4. The molecule has 0 bridgehead atoms. The van der Waals surface area contributed by atoms with Crippen LogP contribution in [0, 0.1) is 11.7 Å². The number of nitrogens with one attached hydrogen (secondary N) is 3. The van der Waals surface area contributed by atoms with Crippen LogP contribution < -0.4 is 21.7 Å². The van der Waals surface area contributed by atoms with Gasteiger partial charge in [0.1, 0.15) is 11.4 Å². The van der Waals surface area contributed by atoms with Gasteiger partial charge in [0.2, 0.25) is 0 Å². The predicted octanol–water partition coefficient (Wildman–Crippen LogP) is 4.40. The summed E-state index contributed by atoms with van der Waals surface area (Å²) in [6, 6.07) is 2.01. The fourth-order valence-electron chi connectivity index (χ4n) is 3.92. The second-order valence-corrected chi connectivity index (χ2v) is 10.6. The van der Waals surface area contributed by atoms with E-state index in [1.54, 1.807) is 39.2 Å². The van der Waals surface area contributed by atoms with E-state index in [0.717, 1.165) is 18.9 Å². The SMILES string of the molecule is C[C@H](NC(=O)OC(C)(C)C)[C@H](Nc1nc(Nc2cncc(-n3cc(Cl)cn3)c2)c(C(N)=O)cc1F)C1CC1. The molecular weight excluding hydrogens is 515 g/mol. The van der Waals surface area contributed by atoms with Crippen molar-refractivity contribution in [2.45, 2.75) is 58.2 Å². The maximum atomic E-state index is 15.1. The van der Waals surface area contributed by atoms with E-state index in [4.69, 9.17) is 22.1 Å². The van der Waals surface area contributed by atoms with E-state index in [-0.39, 0.29) is 29.2 Å². The first-order chi connectivity index (χ1) is 17.9. The first-order valence-corrected chi connectivity index (χ1v) is 12.5. The van der Waals surface area contributed by atoms with Crippen molar-refractivity contribution in [3.63, 3.8) is 0 Å². The third kappa shape index (κ3) is 6.88. The number of rotatable bonds is 9. The summed E-state index contributed by atoms with van der Waals surface area (Å²) in [4.78, 5) is 33.0. The third-order valence-corrected chi connectivity index (χ3v) is 5.96. The summed E-state index contributed by atoms with van der Waals surface area (Å²) >= 11 is 5.96. The van der Waals surface area contributed by atoms with Gasteiger partial charge < -0.3 is 26.4 Å². The number of anilines is 3. The van der Waals surface area contributed by atoms with Gasteiger partial charge in [-0.05, 0) is 58.6 Å². The molecule has 3 heterocycles. The summed E-state index contributed by atoms with van der Waals surface area (Å²) in [5.74, 6) is -1.45. The fraction of sp³-hybridized carbons (Fsp3) is 0.400. The average Bonchev–Trinajstić information content (AvgIpc) is 3.56. The largest absolute Gasteiger partial charge is 0.444 e. The van der Waals surface area contributed by atoms with Crippen LogP contribution in [0.25, 0.3) is 5.69 Å². The van der Waals surface area contributed by atoms with Gasteiger partial charge in [0.05, 0.1) is 46.6 Å². The van der Waals surface area contributed by atoms with E-state index in [1.165, 1.54) is 17.1 Å². The van der Waals surface area contributed by atoms with Gasteiger partial charge in [-0.2, -0.15) is 5.10 Å². The van der Waals surface area contributed by atoms with Crippen molar-refractivity contribution in [2.24, 2.45) is 11.7 Å². The van der Waals surface area contributed by atoms with Crippen LogP contribution in [0.2, 0.25) is 5.02 Å². The molecule has 13 heteroatoms. The van der Waals surface area contributed by atoms with Gasteiger partial charge in [-0.1, -0.05) is 11.6 Å². The molecule has 0 unspecified atom stereocenters. The Bertz CT molecular complexity index is 1340. The highest BCUT2D eigenvalue weighted by molar-refractivity contribution is 6.30. The molecule has 38 heavy (non-hydrogen) atoms. The fourth-order valence-corrected chi connectivity index (χ4v) is 4.06. The molecular formula is C25H30ClFN8O3. The Morgan fingerprint density at radius 3 is 2.55 bits per heavy atom. The van der Waals surface area contributed by atoms with E-state index in [2.05, 4.69) is 31.0 Å². The maximum Gasteiger partial charge on any atom is 0.407 e. The number of hydrogen-bond donors (Lipinski definition) is 4. The standard InChI is InChI=1S/C25H30ClFN8O3/c1-13(31-24(37)38-25(2,3)4)20(14-5-6-14)33-23-19(27)8-18(21(28)36)22(34-23)32-16-7-17(11-29-10-16)35-12-15(26)9-30-35/h7-14,20H,5-6H2,1-4H3,(H2,28,36)(H,31,37)(H2,32,33,34)/t13-,20-/m0/s1. The quantitative estimate of drug-likeness (QED) is 0.309. The van der Waals surface area contributed by atoms with Crippen LogP contribution in [0.5, 0.6) is 0 Å². The molecule has 1 fully saturated rings. The zero-order valence-corrected chi connectivity index (χ0v) is 22.2. The number of amides is 2. The molecule has 11 nitrogen and oxygen atoms in total. The molecule has 0 aromatic carbocycles. The number of carbonyl (C=O) groups is 2. The Labute approximate surface area is 224 Å². The van der Waals surface area contributed by atoms with Gasteiger partial charge in [0, 0.05) is 12.2 Å². The van der Waals surface area contributed by atoms with E-state index in [9.17, 15) is 9.59 Å². The minimum absolute atomic E-state index is 0.0427. The summed E-state index contributed by atoms with van der Waals surface area (Å²) in [7, 11) is 0. The highest BCUT2D eigenvalue weighted by atomic mass is 35.5. The topological polar surface area (TPSA) is 149 Å². The van der Waals surface area contributed by atoms with Gasteiger partial charge in [-0.25, -0.2) is 18.9 Å². The number of pyridine rings is 2. The lowest BCUT2D eigenvalue weighted by molar-refractivity contribution is 0.0501.